The van der Waals surface area contributed by atoms with Crippen molar-refractivity contribution in [3.8, 4) is 11.5 Å². The van der Waals surface area contributed by atoms with Gasteiger partial charge in [-0.3, -0.25) is 14.5 Å². The number of benzene rings is 2. The molecule has 1 atom stereocenters. The number of hydrogen-bond donors (Lipinski definition) is 1. The molecule has 162 valence electrons. The van der Waals surface area contributed by atoms with Gasteiger partial charge in [0, 0.05) is 10.6 Å². The van der Waals surface area contributed by atoms with E-state index >= 15 is 0 Å². The number of aromatic nitrogens is 2. The SMILES string of the molecule is Cc1nnc(N2C(=O)C(=O)C(=C(O)c3ccc4c(c3)OCCO4)C2c2ccc(Cl)cc2)s1. The number of halogens is 1. The Balaban J connectivity index is 1.69. The van der Waals surface area contributed by atoms with E-state index < -0.39 is 17.7 Å². The zero-order valence-corrected chi connectivity index (χ0v) is 18.3. The van der Waals surface area contributed by atoms with Crippen molar-refractivity contribution in [2.75, 3.05) is 18.1 Å². The number of nitrogens with zero attached hydrogens (tertiary/aromatic N) is 3. The molecule has 8 nitrogen and oxygen atoms in total. The number of anilines is 1. The molecule has 5 rings (SSSR count). The van der Waals surface area contributed by atoms with Crippen molar-refractivity contribution in [3.05, 3.63) is 69.2 Å². The van der Waals surface area contributed by atoms with Crippen molar-refractivity contribution in [3.63, 3.8) is 0 Å². The molecule has 1 fully saturated rings. The highest BCUT2D eigenvalue weighted by atomic mass is 35.5. The summed E-state index contributed by atoms with van der Waals surface area (Å²) in [6, 6.07) is 10.7. The van der Waals surface area contributed by atoms with Gasteiger partial charge in [0.05, 0.1) is 11.6 Å². The second-order valence-corrected chi connectivity index (χ2v) is 8.78. The molecule has 1 unspecified atom stereocenters. The number of ketones is 1. The zero-order valence-electron chi connectivity index (χ0n) is 16.7. The number of rotatable bonds is 3. The first-order valence-electron chi connectivity index (χ1n) is 9.70. The molecule has 2 aliphatic rings. The second kappa shape index (κ2) is 7.92. The van der Waals surface area contributed by atoms with Crippen molar-refractivity contribution in [2.24, 2.45) is 0 Å². The minimum Gasteiger partial charge on any atom is -0.507 e. The van der Waals surface area contributed by atoms with Crippen LogP contribution >= 0.6 is 22.9 Å². The van der Waals surface area contributed by atoms with Crippen molar-refractivity contribution in [2.45, 2.75) is 13.0 Å². The number of amides is 1. The molecule has 1 aromatic heterocycles. The highest BCUT2D eigenvalue weighted by Crippen LogP contribution is 2.44. The molecule has 10 heteroatoms. The third-order valence-electron chi connectivity index (χ3n) is 5.17. The van der Waals surface area contributed by atoms with Crippen LogP contribution < -0.4 is 14.4 Å². The Morgan fingerprint density at radius 2 is 1.81 bits per heavy atom. The lowest BCUT2D eigenvalue weighted by molar-refractivity contribution is -0.132. The molecule has 0 aliphatic carbocycles. The van der Waals surface area contributed by atoms with Crippen LogP contribution in [0, 0.1) is 6.92 Å². The number of carbonyl (C=O) groups is 2. The summed E-state index contributed by atoms with van der Waals surface area (Å²) >= 11 is 7.22. The van der Waals surface area contributed by atoms with Gasteiger partial charge in [0.25, 0.3) is 5.78 Å². The lowest BCUT2D eigenvalue weighted by atomic mass is 9.95. The third kappa shape index (κ3) is 3.39. The molecule has 1 saturated heterocycles. The van der Waals surface area contributed by atoms with Gasteiger partial charge in [-0.15, -0.1) is 10.2 Å². The molecule has 3 aromatic rings. The van der Waals surface area contributed by atoms with Crippen LogP contribution in [0.4, 0.5) is 5.13 Å². The molecule has 1 amide bonds. The van der Waals surface area contributed by atoms with Crippen molar-refractivity contribution < 1.29 is 24.2 Å². The molecule has 0 bridgehead atoms. The predicted octanol–water partition coefficient (Wildman–Crippen LogP) is 3.90. The summed E-state index contributed by atoms with van der Waals surface area (Å²) in [5, 5.41) is 20.6. The summed E-state index contributed by atoms with van der Waals surface area (Å²) in [6.45, 7) is 2.56. The Kier molecular flexibility index (Phi) is 5.07. The Morgan fingerprint density at radius 3 is 2.50 bits per heavy atom. The number of fused-ring (bicyclic) bond motifs is 1. The van der Waals surface area contributed by atoms with Crippen LogP contribution in [0.5, 0.6) is 11.5 Å². The van der Waals surface area contributed by atoms with Crippen LogP contribution in [0.25, 0.3) is 5.76 Å². The van der Waals surface area contributed by atoms with Gasteiger partial charge in [0.15, 0.2) is 11.5 Å². The lowest BCUT2D eigenvalue weighted by Crippen LogP contribution is -2.29. The number of aryl methyl sites for hydroxylation is 1. The van der Waals surface area contributed by atoms with E-state index in [0.29, 0.717) is 45.9 Å². The van der Waals surface area contributed by atoms with Crippen LogP contribution in [0.1, 0.15) is 22.2 Å². The molecule has 0 radical (unpaired) electrons. The van der Waals surface area contributed by atoms with Crippen LogP contribution in [-0.2, 0) is 9.59 Å². The minimum atomic E-state index is -0.896. The van der Waals surface area contributed by atoms with Gasteiger partial charge < -0.3 is 14.6 Å². The van der Waals surface area contributed by atoms with Crippen LogP contribution in [0.15, 0.2) is 48.0 Å². The van der Waals surface area contributed by atoms with Crippen molar-refractivity contribution in [1.82, 2.24) is 10.2 Å². The van der Waals surface area contributed by atoms with Gasteiger partial charge in [-0.2, -0.15) is 0 Å². The number of aliphatic hydroxyl groups is 1. The molecule has 0 saturated carbocycles. The van der Waals surface area contributed by atoms with E-state index in [2.05, 4.69) is 10.2 Å². The highest BCUT2D eigenvalue weighted by Gasteiger charge is 2.48. The fourth-order valence-corrected chi connectivity index (χ4v) is 4.56. The predicted molar refractivity (Wildman–Crippen MR) is 118 cm³/mol. The lowest BCUT2D eigenvalue weighted by Gasteiger charge is -2.23. The summed E-state index contributed by atoms with van der Waals surface area (Å²) in [7, 11) is 0. The topological polar surface area (TPSA) is 102 Å². The Hall–Kier alpha value is -3.43. The number of ether oxygens (including phenoxy) is 2. The molecule has 0 spiro atoms. The third-order valence-corrected chi connectivity index (χ3v) is 6.26. The van der Waals surface area contributed by atoms with Crippen LogP contribution in [0.3, 0.4) is 0 Å². The molecule has 32 heavy (non-hydrogen) atoms. The molecule has 2 aromatic carbocycles. The monoisotopic (exact) mass is 469 g/mol. The molecule has 3 heterocycles. The summed E-state index contributed by atoms with van der Waals surface area (Å²) in [4.78, 5) is 27.4. The fraction of sp³-hybridized carbons (Fsp3) is 0.182. The van der Waals surface area contributed by atoms with Gasteiger partial charge in [0.2, 0.25) is 5.13 Å². The Bertz CT molecular complexity index is 1270. The standard InChI is InChI=1S/C22H16ClN3O5S/c1-11-24-25-22(32-11)26-18(12-2-5-14(23)6-3-12)17(20(28)21(26)29)19(27)13-4-7-15-16(10-13)31-9-8-30-15/h2-7,10,18,27H,8-9H2,1H3. The van der Waals surface area contributed by atoms with Gasteiger partial charge in [-0.1, -0.05) is 35.1 Å². The summed E-state index contributed by atoms with van der Waals surface area (Å²) in [5.41, 5.74) is 0.877. The molecule has 2 aliphatic heterocycles. The van der Waals surface area contributed by atoms with Gasteiger partial charge in [0.1, 0.15) is 24.0 Å². The smallest absolute Gasteiger partial charge is 0.301 e. The molecular formula is C22H16ClN3O5S. The van der Waals surface area contributed by atoms with Crippen molar-refractivity contribution in [1.29, 1.82) is 0 Å². The first-order valence-corrected chi connectivity index (χ1v) is 10.9. The van der Waals surface area contributed by atoms with Gasteiger partial charge in [-0.05, 0) is 42.8 Å². The maximum absolute atomic E-state index is 13.1. The van der Waals surface area contributed by atoms with E-state index in [0.717, 1.165) is 0 Å². The maximum atomic E-state index is 13.1. The number of carbonyl (C=O) groups excluding carboxylic acids is 2. The number of hydrogen-bond acceptors (Lipinski definition) is 8. The number of Topliss-reactive ketones (excluding diaryl/α,β-unsaturated/α-hetero) is 1. The van der Waals surface area contributed by atoms with Crippen LogP contribution in [0.2, 0.25) is 5.02 Å². The summed E-state index contributed by atoms with van der Waals surface area (Å²) < 4.78 is 11.1. The Morgan fingerprint density at radius 1 is 1.09 bits per heavy atom. The van der Waals surface area contributed by atoms with Crippen LogP contribution in [-0.4, -0.2) is 40.2 Å². The normalized spacial score (nSPS) is 19.4. The van der Waals surface area contributed by atoms with E-state index in [1.54, 1.807) is 49.4 Å². The zero-order chi connectivity index (χ0) is 22.4. The largest absolute Gasteiger partial charge is 0.507 e. The van der Waals surface area contributed by atoms with Crippen molar-refractivity contribution >= 4 is 45.5 Å². The Labute approximate surface area is 191 Å². The van der Waals surface area contributed by atoms with Gasteiger partial charge >= 0.3 is 5.91 Å². The first kappa shape index (κ1) is 20.5. The summed E-state index contributed by atoms with van der Waals surface area (Å²) in [5.74, 6) is -0.918. The number of aliphatic hydroxyl groups excluding tert-OH is 1. The maximum Gasteiger partial charge on any atom is 0.301 e. The van der Waals surface area contributed by atoms with E-state index in [4.69, 9.17) is 21.1 Å². The quantitative estimate of drug-likeness (QED) is 0.352. The van der Waals surface area contributed by atoms with E-state index in [1.165, 1.54) is 16.2 Å². The fourth-order valence-electron chi connectivity index (χ4n) is 3.72. The van der Waals surface area contributed by atoms with E-state index in [1.807, 2.05) is 0 Å². The van der Waals surface area contributed by atoms with Gasteiger partial charge in [-0.25, -0.2) is 0 Å². The summed E-state index contributed by atoms with van der Waals surface area (Å²) in [6.07, 6.45) is 0. The average molecular weight is 470 g/mol. The van der Waals surface area contributed by atoms with E-state index in [9.17, 15) is 14.7 Å². The average Bonchev–Trinajstić information content (AvgIpc) is 3.34. The van der Waals surface area contributed by atoms with E-state index in [-0.39, 0.29) is 16.5 Å². The first-order chi connectivity index (χ1) is 15.4. The molecule has 1 N–H and O–H groups in total. The highest BCUT2D eigenvalue weighted by molar-refractivity contribution is 7.15. The molecular weight excluding hydrogens is 454 g/mol. The second-order valence-electron chi connectivity index (χ2n) is 7.18. The minimum absolute atomic E-state index is 0.0538.